The van der Waals surface area contributed by atoms with E-state index in [2.05, 4.69) is 31.2 Å². The number of hydrogen-bond donors (Lipinski definition) is 0. The molecule has 3 aromatic heterocycles. The van der Waals surface area contributed by atoms with E-state index in [0.29, 0.717) is 11.6 Å². The second-order valence-electron chi connectivity index (χ2n) is 3.74. The van der Waals surface area contributed by atoms with Crippen LogP contribution in [-0.4, -0.2) is 24.8 Å². The van der Waals surface area contributed by atoms with Crippen LogP contribution in [0.3, 0.4) is 0 Å². The first kappa shape index (κ1) is 12.5. The lowest BCUT2D eigenvalue weighted by atomic mass is 10.4. The van der Waals surface area contributed by atoms with Crippen molar-refractivity contribution in [2.24, 2.45) is 0 Å². The second-order valence-corrected chi connectivity index (χ2v) is 4.60. The molecule has 0 N–H and O–H groups in total. The molecule has 0 saturated heterocycles. The van der Waals surface area contributed by atoms with Gasteiger partial charge in [-0.2, -0.15) is 9.67 Å². The molecule has 0 fully saturated rings. The summed E-state index contributed by atoms with van der Waals surface area (Å²) in [5.41, 5.74) is 0. The molecule has 0 aliphatic rings. The molecule has 0 unspecified atom stereocenters. The van der Waals surface area contributed by atoms with Gasteiger partial charge < -0.3 is 19.1 Å². The second kappa shape index (κ2) is 4.89. The van der Waals surface area contributed by atoms with Crippen LogP contribution < -0.4 is 0 Å². The minimum absolute atomic E-state index is 0.125. The number of aromatic nitrogens is 4. The van der Waals surface area contributed by atoms with E-state index in [-0.39, 0.29) is 22.7 Å². The van der Waals surface area contributed by atoms with Crippen LogP contribution in [0.25, 0.3) is 11.6 Å². The molecule has 0 spiro atoms. The molecule has 20 heavy (non-hydrogen) atoms. The van der Waals surface area contributed by atoms with Crippen LogP contribution in [0.5, 0.6) is 0 Å². The summed E-state index contributed by atoms with van der Waals surface area (Å²) in [5.74, 6) is 0.787. The van der Waals surface area contributed by atoms with E-state index in [9.17, 15) is 10.1 Å². The highest BCUT2D eigenvalue weighted by molar-refractivity contribution is 9.10. The van der Waals surface area contributed by atoms with Crippen LogP contribution in [0.1, 0.15) is 5.89 Å². The van der Waals surface area contributed by atoms with Gasteiger partial charge in [-0.3, -0.25) is 0 Å². The third-order valence-electron chi connectivity index (χ3n) is 2.38. The Labute approximate surface area is 119 Å². The maximum Gasteiger partial charge on any atom is 0.404 e. The summed E-state index contributed by atoms with van der Waals surface area (Å²) in [6.45, 7) is 0.125. The van der Waals surface area contributed by atoms with Gasteiger partial charge in [0.2, 0.25) is 5.82 Å². The highest BCUT2D eigenvalue weighted by Gasteiger charge is 2.20. The SMILES string of the molecule is O=[N+]([O-])c1nn(Cc2nc(-c3ccco3)no2)cc1Br. The van der Waals surface area contributed by atoms with Crippen molar-refractivity contribution in [1.82, 2.24) is 19.9 Å². The molecule has 9 nitrogen and oxygen atoms in total. The molecule has 102 valence electrons. The van der Waals surface area contributed by atoms with E-state index >= 15 is 0 Å². The van der Waals surface area contributed by atoms with Gasteiger partial charge in [-0.15, -0.1) is 0 Å². The largest absolute Gasteiger partial charge is 0.461 e. The van der Waals surface area contributed by atoms with Crippen LogP contribution in [0.4, 0.5) is 5.82 Å². The average Bonchev–Trinajstić information content (AvgIpc) is 3.09. The summed E-state index contributed by atoms with van der Waals surface area (Å²) in [5, 5.41) is 18.2. The highest BCUT2D eigenvalue weighted by atomic mass is 79.9. The zero-order valence-corrected chi connectivity index (χ0v) is 11.3. The summed E-state index contributed by atoms with van der Waals surface area (Å²) in [6, 6.07) is 3.41. The standard InChI is InChI=1S/C10H6BrN5O4/c11-6-4-15(13-10(6)16(17)18)5-8-12-9(14-20-8)7-2-1-3-19-7/h1-4H,5H2. The number of rotatable bonds is 4. The lowest BCUT2D eigenvalue weighted by molar-refractivity contribution is -0.390. The topological polar surface area (TPSA) is 113 Å². The van der Waals surface area contributed by atoms with Gasteiger partial charge in [0.1, 0.15) is 11.0 Å². The predicted octanol–water partition coefficient (Wildman–Crippen LogP) is 2.25. The maximum atomic E-state index is 10.7. The van der Waals surface area contributed by atoms with Crippen LogP contribution in [0, 0.1) is 10.1 Å². The summed E-state index contributed by atoms with van der Waals surface area (Å²) in [6.07, 6.45) is 2.97. The van der Waals surface area contributed by atoms with Crippen molar-refractivity contribution in [3.63, 3.8) is 0 Å². The van der Waals surface area contributed by atoms with Crippen LogP contribution in [-0.2, 0) is 6.54 Å². The predicted molar refractivity (Wildman–Crippen MR) is 67.7 cm³/mol. The van der Waals surface area contributed by atoms with Crippen molar-refractivity contribution in [1.29, 1.82) is 0 Å². The van der Waals surface area contributed by atoms with E-state index in [1.54, 1.807) is 12.1 Å². The molecule has 0 atom stereocenters. The Hall–Kier alpha value is -2.49. The fraction of sp³-hybridized carbons (Fsp3) is 0.100. The molecule has 0 amide bonds. The van der Waals surface area contributed by atoms with E-state index in [0.717, 1.165) is 0 Å². The third-order valence-corrected chi connectivity index (χ3v) is 2.94. The van der Waals surface area contributed by atoms with Gasteiger partial charge in [0.15, 0.2) is 5.76 Å². The van der Waals surface area contributed by atoms with Crippen molar-refractivity contribution in [2.75, 3.05) is 0 Å². The number of furan rings is 1. The lowest BCUT2D eigenvalue weighted by Crippen LogP contribution is -2.01. The van der Waals surface area contributed by atoms with Crippen molar-refractivity contribution >= 4 is 21.7 Å². The Morgan fingerprint density at radius 3 is 3.00 bits per heavy atom. The normalized spacial score (nSPS) is 10.8. The zero-order chi connectivity index (χ0) is 14.1. The molecule has 0 aliphatic heterocycles. The molecule has 3 aromatic rings. The first-order chi connectivity index (χ1) is 9.63. The molecule has 0 radical (unpaired) electrons. The number of hydrogen-bond acceptors (Lipinski definition) is 7. The van der Waals surface area contributed by atoms with Gasteiger partial charge in [0.05, 0.1) is 17.6 Å². The van der Waals surface area contributed by atoms with Crippen molar-refractivity contribution in [2.45, 2.75) is 6.54 Å². The zero-order valence-electron chi connectivity index (χ0n) is 9.76. The molecule has 3 rings (SSSR count). The van der Waals surface area contributed by atoms with Crippen LogP contribution in [0.15, 0.2) is 38.0 Å². The Kier molecular flexibility index (Phi) is 3.06. The van der Waals surface area contributed by atoms with E-state index in [1.807, 2.05) is 0 Å². The Bertz CT molecular complexity index is 748. The number of halogens is 1. The monoisotopic (exact) mass is 339 g/mol. The molecule has 0 aromatic carbocycles. The first-order valence-corrected chi connectivity index (χ1v) is 6.16. The van der Waals surface area contributed by atoms with Gasteiger partial charge in [-0.25, -0.2) is 0 Å². The van der Waals surface area contributed by atoms with Crippen LogP contribution >= 0.6 is 15.9 Å². The minimum Gasteiger partial charge on any atom is -0.461 e. The van der Waals surface area contributed by atoms with Gasteiger partial charge in [0.25, 0.3) is 5.89 Å². The number of nitro groups is 1. The summed E-state index contributed by atoms with van der Waals surface area (Å²) >= 11 is 3.06. The summed E-state index contributed by atoms with van der Waals surface area (Å²) in [4.78, 5) is 14.2. The van der Waals surface area contributed by atoms with Gasteiger partial charge in [0, 0.05) is 0 Å². The Balaban J connectivity index is 1.82. The molecule has 0 saturated carbocycles. The van der Waals surface area contributed by atoms with Gasteiger partial charge in [-0.05, 0) is 33.0 Å². The average molecular weight is 340 g/mol. The third kappa shape index (κ3) is 2.32. The summed E-state index contributed by atoms with van der Waals surface area (Å²) < 4.78 is 11.8. The van der Waals surface area contributed by atoms with E-state index in [1.165, 1.54) is 17.1 Å². The lowest BCUT2D eigenvalue weighted by Gasteiger charge is -1.88. The van der Waals surface area contributed by atoms with Gasteiger partial charge in [-0.1, -0.05) is 5.16 Å². The minimum atomic E-state index is -0.581. The fourth-order valence-corrected chi connectivity index (χ4v) is 2.02. The summed E-state index contributed by atoms with van der Waals surface area (Å²) in [7, 11) is 0. The van der Waals surface area contributed by atoms with Gasteiger partial charge >= 0.3 is 5.82 Å². The van der Waals surface area contributed by atoms with Crippen molar-refractivity contribution in [3.05, 3.63) is 45.1 Å². The molecular formula is C10H6BrN5O4. The molecule has 0 aliphatic carbocycles. The smallest absolute Gasteiger partial charge is 0.404 e. The van der Waals surface area contributed by atoms with E-state index in [4.69, 9.17) is 8.94 Å². The fourth-order valence-electron chi connectivity index (χ4n) is 1.56. The van der Waals surface area contributed by atoms with E-state index < -0.39 is 4.92 Å². The quantitative estimate of drug-likeness (QED) is 0.528. The molecule has 0 bridgehead atoms. The molecule has 3 heterocycles. The Morgan fingerprint density at radius 2 is 2.35 bits per heavy atom. The number of nitrogens with zero attached hydrogens (tertiary/aromatic N) is 5. The highest BCUT2D eigenvalue weighted by Crippen LogP contribution is 2.22. The molecule has 10 heteroatoms. The first-order valence-electron chi connectivity index (χ1n) is 5.37. The maximum absolute atomic E-state index is 10.7. The van der Waals surface area contributed by atoms with Crippen molar-refractivity contribution in [3.8, 4) is 11.6 Å². The molecular weight excluding hydrogens is 334 g/mol. The van der Waals surface area contributed by atoms with Crippen LogP contribution in [0.2, 0.25) is 0 Å². The van der Waals surface area contributed by atoms with Crippen molar-refractivity contribution < 1.29 is 13.9 Å². The Morgan fingerprint density at radius 1 is 1.50 bits per heavy atom.